The molecule has 0 amide bonds. The lowest BCUT2D eigenvalue weighted by molar-refractivity contribution is 0.284. The summed E-state index contributed by atoms with van der Waals surface area (Å²) in [6.07, 6.45) is 1.13. The molecule has 0 atom stereocenters. The van der Waals surface area contributed by atoms with E-state index in [9.17, 15) is 0 Å². The van der Waals surface area contributed by atoms with Crippen LogP contribution in [0.4, 0.5) is 0 Å². The van der Waals surface area contributed by atoms with Crippen molar-refractivity contribution >= 4 is 22.1 Å². The van der Waals surface area contributed by atoms with E-state index < -0.39 is 0 Å². The predicted molar refractivity (Wildman–Crippen MR) is 98.9 cm³/mol. The lowest BCUT2D eigenvalue weighted by Gasteiger charge is -2.33. The molecule has 2 nitrogen and oxygen atoms in total. The Hall–Kier alpha value is -1.96. The summed E-state index contributed by atoms with van der Waals surface area (Å²) in [7, 11) is 0. The van der Waals surface area contributed by atoms with Crippen LogP contribution in [0.2, 0.25) is 0 Å². The molecule has 3 aromatic rings. The molecule has 0 saturated carbocycles. The number of hydrogen-bond donors (Lipinski definition) is 0. The van der Waals surface area contributed by atoms with Crippen LogP contribution in [0.25, 0.3) is 22.1 Å². The summed E-state index contributed by atoms with van der Waals surface area (Å²) >= 11 is 0. The Kier molecular flexibility index (Phi) is 3.66. The Bertz CT molecular complexity index is 870. The Balaban J connectivity index is 2.11. The second kappa shape index (κ2) is 5.30. The Morgan fingerprint density at radius 3 is 1.91 bits per heavy atom. The van der Waals surface area contributed by atoms with Gasteiger partial charge in [0.25, 0.3) is 0 Å². The van der Waals surface area contributed by atoms with Gasteiger partial charge in [-0.3, -0.25) is 0 Å². The van der Waals surface area contributed by atoms with Crippen LogP contribution in [0.15, 0.2) is 36.4 Å². The smallest absolute Gasteiger partial charge is 0.0897 e. The molecule has 120 valence electrons. The number of nitrogens with zero attached hydrogens (tertiary/aromatic N) is 2. The summed E-state index contributed by atoms with van der Waals surface area (Å²) in [5.41, 5.74) is 6.86. The number of fused-ring (bicyclic) bond motifs is 2. The second-order valence-corrected chi connectivity index (χ2v) is 8.54. The second-order valence-electron chi connectivity index (χ2n) is 8.54. The Morgan fingerprint density at radius 2 is 1.30 bits per heavy atom. The maximum absolute atomic E-state index is 4.83. The zero-order valence-corrected chi connectivity index (χ0v) is 15.1. The number of aromatic nitrogens is 2. The quantitative estimate of drug-likeness (QED) is 0.559. The van der Waals surface area contributed by atoms with Crippen LogP contribution in [-0.2, 0) is 5.41 Å². The lowest BCUT2D eigenvalue weighted by Crippen LogP contribution is -2.24. The van der Waals surface area contributed by atoms with Crippen molar-refractivity contribution in [1.29, 1.82) is 0 Å². The van der Waals surface area contributed by atoms with Crippen molar-refractivity contribution in [3.05, 3.63) is 47.5 Å². The third kappa shape index (κ3) is 3.36. The van der Waals surface area contributed by atoms with Gasteiger partial charge in [-0.1, -0.05) is 46.8 Å². The number of rotatable bonds is 2. The summed E-state index contributed by atoms with van der Waals surface area (Å²) < 4.78 is 0. The van der Waals surface area contributed by atoms with Crippen LogP contribution < -0.4 is 0 Å². The van der Waals surface area contributed by atoms with Gasteiger partial charge >= 0.3 is 0 Å². The van der Waals surface area contributed by atoms with Gasteiger partial charge in [0.1, 0.15) is 0 Å². The molecule has 0 fully saturated rings. The van der Waals surface area contributed by atoms with E-state index in [1.54, 1.807) is 0 Å². The molecular formula is C21H26N2. The summed E-state index contributed by atoms with van der Waals surface area (Å²) in [5.74, 6) is 0. The highest BCUT2D eigenvalue weighted by atomic mass is 14.8. The third-order valence-electron chi connectivity index (χ3n) is 4.34. The molecule has 23 heavy (non-hydrogen) atoms. The van der Waals surface area contributed by atoms with Crippen molar-refractivity contribution in [3.63, 3.8) is 0 Å². The van der Waals surface area contributed by atoms with Gasteiger partial charge in [-0.15, -0.1) is 0 Å². The van der Waals surface area contributed by atoms with Crippen LogP contribution in [-0.4, -0.2) is 9.97 Å². The van der Waals surface area contributed by atoms with Crippen LogP contribution in [0, 0.1) is 12.3 Å². The largest absolute Gasteiger partial charge is 0.244 e. The zero-order chi connectivity index (χ0) is 16.8. The van der Waals surface area contributed by atoms with Crippen molar-refractivity contribution < 1.29 is 0 Å². The van der Waals surface area contributed by atoms with Gasteiger partial charge in [0.15, 0.2) is 0 Å². The molecule has 0 unspecified atom stereocenters. The third-order valence-corrected chi connectivity index (χ3v) is 4.34. The molecule has 0 radical (unpaired) electrons. The van der Waals surface area contributed by atoms with Crippen molar-refractivity contribution in [2.45, 2.75) is 53.4 Å². The average molecular weight is 306 g/mol. The van der Waals surface area contributed by atoms with E-state index in [4.69, 9.17) is 9.97 Å². The van der Waals surface area contributed by atoms with E-state index in [1.165, 1.54) is 11.1 Å². The SMILES string of the molecule is Cc1ccc2nc3cc(C(C)(C)CC(C)(C)C)ccc3nc2c1. The average Bonchev–Trinajstić information content (AvgIpc) is 2.42. The highest BCUT2D eigenvalue weighted by Crippen LogP contribution is 2.37. The lowest BCUT2D eigenvalue weighted by atomic mass is 9.72. The minimum atomic E-state index is 0.121. The highest BCUT2D eigenvalue weighted by molar-refractivity contribution is 5.86. The zero-order valence-electron chi connectivity index (χ0n) is 15.1. The number of aryl methyl sites for hydroxylation is 1. The minimum absolute atomic E-state index is 0.121. The molecule has 0 saturated heterocycles. The van der Waals surface area contributed by atoms with Crippen LogP contribution in [0.3, 0.4) is 0 Å². The molecule has 0 bridgehead atoms. The van der Waals surface area contributed by atoms with Gasteiger partial charge in [-0.2, -0.15) is 0 Å². The monoisotopic (exact) mass is 306 g/mol. The van der Waals surface area contributed by atoms with E-state index >= 15 is 0 Å². The highest BCUT2D eigenvalue weighted by Gasteiger charge is 2.27. The maximum atomic E-state index is 4.83. The van der Waals surface area contributed by atoms with E-state index in [1.807, 2.05) is 0 Å². The van der Waals surface area contributed by atoms with Gasteiger partial charge in [0.2, 0.25) is 0 Å². The first-order valence-electron chi connectivity index (χ1n) is 8.33. The van der Waals surface area contributed by atoms with Crippen molar-refractivity contribution in [2.24, 2.45) is 5.41 Å². The van der Waals surface area contributed by atoms with Gasteiger partial charge in [0.05, 0.1) is 22.1 Å². The molecular weight excluding hydrogens is 280 g/mol. The summed E-state index contributed by atoms with van der Waals surface area (Å²) in [6, 6.07) is 12.8. The fourth-order valence-corrected chi connectivity index (χ4v) is 3.63. The molecule has 1 aromatic heterocycles. The molecule has 2 heteroatoms. The van der Waals surface area contributed by atoms with Gasteiger partial charge in [-0.05, 0) is 59.6 Å². The van der Waals surface area contributed by atoms with Gasteiger partial charge in [-0.25, -0.2) is 9.97 Å². The van der Waals surface area contributed by atoms with Crippen molar-refractivity contribution in [3.8, 4) is 0 Å². The van der Waals surface area contributed by atoms with Crippen LogP contribution in [0.5, 0.6) is 0 Å². The molecule has 0 spiro atoms. The van der Waals surface area contributed by atoms with Crippen LogP contribution in [0.1, 0.15) is 52.2 Å². The first-order chi connectivity index (χ1) is 10.6. The first kappa shape index (κ1) is 15.9. The van der Waals surface area contributed by atoms with Crippen LogP contribution >= 0.6 is 0 Å². The maximum Gasteiger partial charge on any atom is 0.0897 e. The number of hydrogen-bond acceptors (Lipinski definition) is 2. The summed E-state index contributed by atoms with van der Waals surface area (Å²) in [5, 5.41) is 0. The molecule has 0 aliphatic rings. The first-order valence-corrected chi connectivity index (χ1v) is 8.33. The molecule has 0 aliphatic carbocycles. The molecule has 3 rings (SSSR count). The fourth-order valence-electron chi connectivity index (χ4n) is 3.63. The van der Waals surface area contributed by atoms with Gasteiger partial charge < -0.3 is 0 Å². The number of benzene rings is 2. The van der Waals surface area contributed by atoms with E-state index in [0.29, 0.717) is 5.41 Å². The normalized spacial score (nSPS) is 13.0. The Labute approximate surface area is 139 Å². The molecule has 0 aliphatic heterocycles. The summed E-state index contributed by atoms with van der Waals surface area (Å²) in [6.45, 7) is 13.6. The standard InChI is InChI=1S/C21H26N2/c1-14-7-9-16-18(11-14)22-17-10-8-15(12-19(17)23-16)21(5,6)13-20(2,3)4/h7-12H,13H2,1-6H3. The van der Waals surface area contributed by atoms with E-state index in [-0.39, 0.29) is 5.41 Å². The van der Waals surface area contributed by atoms with E-state index in [2.05, 4.69) is 77.9 Å². The fraction of sp³-hybridized carbons (Fsp3) is 0.429. The predicted octanol–water partition coefficient (Wildman–Crippen LogP) is 5.81. The van der Waals surface area contributed by atoms with Gasteiger partial charge in [0, 0.05) is 0 Å². The van der Waals surface area contributed by atoms with E-state index in [0.717, 1.165) is 28.5 Å². The topological polar surface area (TPSA) is 25.8 Å². The molecule has 0 N–H and O–H groups in total. The van der Waals surface area contributed by atoms with Crippen molar-refractivity contribution in [1.82, 2.24) is 9.97 Å². The summed E-state index contributed by atoms with van der Waals surface area (Å²) in [4.78, 5) is 9.60. The molecule has 1 heterocycles. The minimum Gasteiger partial charge on any atom is -0.244 e. The Morgan fingerprint density at radius 1 is 0.739 bits per heavy atom. The molecule has 2 aromatic carbocycles. The van der Waals surface area contributed by atoms with Crippen molar-refractivity contribution in [2.75, 3.05) is 0 Å².